The second-order valence-corrected chi connectivity index (χ2v) is 7.80. The van der Waals surface area contributed by atoms with Crippen LogP contribution in [-0.2, 0) is 13.1 Å². The van der Waals surface area contributed by atoms with Gasteiger partial charge in [0, 0.05) is 13.1 Å². The molecule has 0 spiro atoms. The zero-order valence-electron chi connectivity index (χ0n) is 17.5. The fourth-order valence-electron chi connectivity index (χ4n) is 3.44. The highest BCUT2D eigenvalue weighted by Gasteiger charge is 2.27. The average Bonchev–Trinajstić information content (AvgIpc) is 3.05. The highest BCUT2D eigenvalue weighted by Crippen LogP contribution is 2.22. The van der Waals surface area contributed by atoms with E-state index in [2.05, 4.69) is 4.98 Å². The number of nitrogens with zero attached hydrogens (tertiary/aromatic N) is 3. The van der Waals surface area contributed by atoms with Gasteiger partial charge in [-0.3, -0.25) is 4.79 Å². The Morgan fingerprint density at radius 3 is 2.50 bits per heavy atom. The molecule has 7 heteroatoms. The number of imidazole rings is 1. The third-order valence-electron chi connectivity index (χ3n) is 5.03. The van der Waals surface area contributed by atoms with Crippen LogP contribution in [-0.4, -0.2) is 26.9 Å². The van der Waals surface area contributed by atoms with Gasteiger partial charge < -0.3 is 9.47 Å². The summed E-state index contributed by atoms with van der Waals surface area (Å²) in [6, 6.07) is 9.09. The van der Waals surface area contributed by atoms with E-state index in [1.165, 1.54) is 4.90 Å². The molecule has 1 amide bonds. The second-order valence-electron chi connectivity index (χ2n) is 7.80. The van der Waals surface area contributed by atoms with E-state index in [0.29, 0.717) is 24.9 Å². The van der Waals surface area contributed by atoms with Crippen molar-refractivity contribution in [2.75, 3.05) is 6.54 Å². The summed E-state index contributed by atoms with van der Waals surface area (Å²) in [4.78, 5) is 19.1. The van der Waals surface area contributed by atoms with E-state index >= 15 is 0 Å². The molecular formula is C23H26F3N3O. The van der Waals surface area contributed by atoms with Crippen molar-refractivity contribution >= 4 is 16.9 Å². The molecular weight excluding hydrogens is 391 g/mol. The number of benzene rings is 2. The van der Waals surface area contributed by atoms with Crippen LogP contribution >= 0.6 is 0 Å². The van der Waals surface area contributed by atoms with Gasteiger partial charge in [0.1, 0.15) is 17.2 Å². The number of carbonyl (C=O) groups is 1. The van der Waals surface area contributed by atoms with Crippen molar-refractivity contribution in [3.63, 3.8) is 0 Å². The first-order chi connectivity index (χ1) is 14.3. The number of para-hydroxylation sites is 2. The molecule has 0 fully saturated rings. The Labute approximate surface area is 174 Å². The monoisotopic (exact) mass is 417 g/mol. The van der Waals surface area contributed by atoms with Crippen LogP contribution in [0.3, 0.4) is 0 Å². The summed E-state index contributed by atoms with van der Waals surface area (Å²) in [7, 11) is 0. The van der Waals surface area contributed by atoms with Gasteiger partial charge in [-0.25, -0.2) is 18.2 Å². The molecule has 0 saturated heterocycles. The third kappa shape index (κ3) is 4.50. The van der Waals surface area contributed by atoms with E-state index in [-0.39, 0.29) is 19.0 Å². The Morgan fingerprint density at radius 1 is 1.10 bits per heavy atom. The highest BCUT2D eigenvalue weighted by atomic mass is 19.2. The molecule has 4 nitrogen and oxygen atoms in total. The highest BCUT2D eigenvalue weighted by molar-refractivity contribution is 5.94. The molecule has 3 aromatic rings. The maximum atomic E-state index is 14.3. The first kappa shape index (κ1) is 21.9. The lowest BCUT2D eigenvalue weighted by atomic mass is 10.1. The molecule has 160 valence electrons. The van der Waals surface area contributed by atoms with E-state index in [4.69, 9.17) is 0 Å². The molecule has 1 heterocycles. The molecule has 0 aliphatic heterocycles. The molecule has 1 aromatic heterocycles. The number of hydrogen-bond donors (Lipinski definition) is 0. The maximum absolute atomic E-state index is 14.3. The zero-order valence-corrected chi connectivity index (χ0v) is 17.5. The summed E-state index contributed by atoms with van der Waals surface area (Å²) in [5.41, 5.74) is 0.867. The molecule has 0 aliphatic carbocycles. The van der Waals surface area contributed by atoms with Crippen LogP contribution < -0.4 is 0 Å². The van der Waals surface area contributed by atoms with Gasteiger partial charge in [0.25, 0.3) is 5.91 Å². The van der Waals surface area contributed by atoms with Gasteiger partial charge in [-0.1, -0.05) is 32.9 Å². The number of amides is 1. The number of fused-ring (bicyclic) bond motifs is 1. The molecule has 0 aliphatic rings. The smallest absolute Gasteiger partial charge is 0.260 e. The van der Waals surface area contributed by atoms with Gasteiger partial charge in [-0.15, -0.1) is 0 Å². The lowest BCUT2D eigenvalue weighted by Crippen LogP contribution is -2.34. The quantitative estimate of drug-likeness (QED) is 0.451. The molecule has 0 atom stereocenters. The molecule has 3 rings (SSSR count). The van der Waals surface area contributed by atoms with Crippen molar-refractivity contribution < 1.29 is 18.0 Å². The number of carbonyl (C=O) groups excluding carboxylic acids is 1. The van der Waals surface area contributed by atoms with Gasteiger partial charge in [0.2, 0.25) is 0 Å². The summed E-state index contributed by atoms with van der Waals surface area (Å²) in [5.74, 6) is -3.75. The number of aryl methyl sites for hydroxylation is 1. The van der Waals surface area contributed by atoms with E-state index in [9.17, 15) is 18.0 Å². The number of rotatable bonds is 8. The molecule has 30 heavy (non-hydrogen) atoms. The molecule has 0 saturated carbocycles. The first-order valence-corrected chi connectivity index (χ1v) is 10.2. The van der Waals surface area contributed by atoms with Crippen LogP contribution in [0.4, 0.5) is 13.2 Å². The Balaban J connectivity index is 2.01. The molecule has 0 unspecified atom stereocenters. The zero-order chi connectivity index (χ0) is 21.8. The number of aromatic nitrogens is 2. The summed E-state index contributed by atoms with van der Waals surface area (Å²) >= 11 is 0. The van der Waals surface area contributed by atoms with Crippen molar-refractivity contribution in [2.24, 2.45) is 5.92 Å². The lowest BCUT2D eigenvalue weighted by molar-refractivity contribution is 0.0718. The molecule has 0 N–H and O–H groups in total. The minimum Gasteiger partial charge on any atom is -0.331 e. The first-order valence-electron chi connectivity index (χ1n) is 10.2. The van der Waals surface area contributed by atoms with Crippen LogP contribution in [0.2, 0.25) is 0 Å². The fourth-order valence-corrected chi connectivity index (χ4v) is 3.44. The van der Waals surface area contributed by atoms with Crippen LogP contribution in [0.15, 0.2) is 36.4 Å². The van der Waals surface area contributed by atoms with Gasteiger partial charge in [-0.05, 0) is 43.0 Å². The Hall–Kier alpha value is -2.83. The minimum absolute atomic E-state index is 0.0790. The van der Waals surface area contributed by atoms with Gasteiger partial charge in [0.15, 0.2) is 11.6 Å². The summed E-state index contributed by atoms with van der Waals surface area (Å²) < 4.78 is 44.3. The minimum atomic E-state index is -1.46. The van der Waals surface area contributed by atoms with Gasteiger partial charge in [0.05, 0.1) is 17.6 Å². The van der Waals surface area contributed by atoms with E-state index in [1.807, 2.05) is 49.6 Å². The Kier molecular flexibility index (Phi) is 6.80. The Bertz CT molecular complexity index is 1050. The Morgan fingerprint density at radius 2 is 1.80 bits per heavy atom. The summed E-state index contributed by atoms with van der Waals surface area (Å²) in [6.07, 6.45) is 1.50. The molecule has 0 radical (unpaired) electrons. The number of halogens is 3. The molecule has 2 aromatic carbocycles. The summed E-state index contributed by atoms with van der Waals surface area (Å²) in [5, 5.41) is 0. The van der Waals surface area contributed by atoms with Crippen LogP contribution in [0.1, 0.15) is 49.8 Å². The van der Waals surface area contributed by atoms with E-state index in [0.717, 1.165) is 23.5 Å². The SMILES string of the molecule is CCCn1c(CN(CCC(C)C)C(=O)c2c(F)ccc(F)c2F)nc2ccccc21. The van der Waals surface area contributed by atoms with Crippen molar-refractivity contribution in [1.82, 2.24) is 14.5 Å². The van der Waals surface area contributed by atoms with Crippen molar-refractivity contribution in [3.05, 3.63) is 65.2 Å². The second kappa shape index (κ2) is 9.32. The topological polar surface area (TPSA) is 38.1 Å². The normalized spacial score (nSPS) is 11.4. The maximum Gasteiger partial charge on any atom is 0.260 e. The van der Waals surface area contributed by atoms with E-state index < -0.39 is 28.9 Å². The number of hydrogen-bond acceptors (Lipinski definition) is 2. The average molecular weight is 417 g/mol. The van der Waals surface area contributed by atoms with Crippen LogP contribution in [0.5, 0.6) is 0 Å². The largest absolute Gasteiger partial charge is 0.331 e. The predicted molar refractivity (Wildman–Crippen MR) is 111 cm³/mol. The fraction of sp³-hybridized carbons (Fsp3) is 0.391. The van der Waals surface area contributed by atoms with Crippen LogP contribution in [0, 0.1) is 23.4 Å². The van der Waals surface area contributed by atoms with Crippen molar-refractivity contribution in [2.45, 2.75) is 46.7 Å². The lowest BCUT2D eigenvalue weighted by Gasteiger charge is -2.24. The van der Waals surface area contributed by atoms with Crippen LogP contribution in [0.25, 0.3) is 11.0 Å². The van der Waals surface area contributed by atoms with Gasteiger partial charge in [-0.2, -0.15) is 0 Å². The summed E-state index contributed by atoms with van der Waals surface area (Å²) in [6.45, 7) is 7.09. The van der Waals surface area contributed by atoms with Gasteiger partial charge >= 0.3 is 0 Å². The van der Waals surface area contributed by atoms with E-state index in [1.54, 1.807) is 0 Å². The predicted octanol–water partition coefficient (Wildman–Crippen LogP) is 5.55. The van der Waals surface area contributed by atoms with Crippen molar-refractivity contribution in [3.8, 4) is 0 Å². The third-order valence-corrected chi connectivity index (χ3v) is 5.03. The van der Waals surface area contributed by atoms with Crippen molar-refractivity contribution in [1.29, 1.82) is 0 Å². The molecule has 0 bridgehead atoms. The standard InChI is InChI=1S/C23H26F3N3O/c1-4-12-29-19-8-6-5-7-18(19)27-20(29)14-28(13-11-15(2)3)23(30)21-16(24)9-10-17(25)22(21)26/h5-10,15H,4,11-14H2,1-3H3.